The number of aliphatic hydroxyl groups excluding tert-OH is 1. The van der Waals surface area contributed by atoms with Crippen molar-refractivity contribution in [1.29, 1.82) is 0 Å². The van der Waals surface area contributed by atoms with Gasteiger partial charge in [0.2, 0.25) is 0 Å². The van der Waals surface area contributed by atoms with Crippen LogP contribution in [0, 0.1) is 0 Å². The second-order valence-electron chi connectivity index (χ2n) is 4.34. The van der Waals surface area contributed by atoms with Crippen molar-refractivity contribution in [1.82, 2.24) is 4.90 Å². The van der Waals surface area contributed by atoms with Crippen molar-refractivity contribution in [3.05, 3.63) is 34.3 Å². The lowest BCUT2D eigenvalue weighted by Crippen LogP contribution is -2.35. The zero-order valence-electron chi connectivity index (χ0n) is 10.6. The molecule has 0 amide bonds. The number of nitrogens with zero attached hydrogens (tertiary/aromatic N) is 1. The monoisotopic (exact) mass is 339 g/mol. The van der Waals surface area contributed by atoms with Crippen molar-refractivity contribution in [2.75, 3.05) is 19.6 Å². The molecule has 0 saturated heterocycles. The molecule has 1 rings (SSSR count). The van der Waals surface area contributed by atoms with Crippen molar-refractivity contribution >= 4 is 15.9 Å². The summed E-state index contributed by atoms with van der Waals surface area (Å²) in [7, 11) is 0. The van der Waals surface area contributed by atoms with Crippen molar-refractivity contribution in [3.8, 4) is 0 Å². The highest BCUT2D eigenvalue weighted by Gasteiger charge is 2.30. The van der Waals surface area contributed by atoms with E-state index in [9.17, 15) is 18.3 Å². The number of aliphatic hydroxyl groups is 1. The van der Waals surface area contributed by atoms with Gasteiger partial charge in [-0.15, -0.1) is 0 Å². The fraction of sp³-hybridized carbons (Fsp3) is 0.538. The number of benzene rings is 1. The predicted octanol–water partition coefficient (Wildman–Crippen LogP) is 3.76. The summed E-state index contributed by atoms with van der Waals surface area (Å²) < 4.78 is 37.7. The third-order valence-electron chi connectivity index (χ3n) is 2.80. The van der Waals surface area contributed by atoms with E-state index in [1.165, 1.54) is 4.90 Å². The van der Waals surface area contributed by atoms with E-state index in [0.717, 1.165) is 4.47 Å². The Kier molecular flexibility index (Phi) is 6.29. The van der Waals surface area contributed by atoms with Gasteiger partial charge < -0.3 is 5.11 Å². The van der Waals surface area contributed by atoms with E-state index in [0.29, 0.717) is 12.1 Å². The van der Waals surface area contributed by atoms with E-state index >= 15 is 0 Å². The molecule has 0 saturated carbocycles. The number of rotatable bonds is 6. The standard InChI is InChI=1S/C13H17BrF3NO/c1-2-18(9-13(15,16)17)7-6-12(19)10-4-3-5-11(14)8-10/h3-5,8,12,19H,2,6-7,9H2,1H3. The van der Waals surface area contributed by atoms with E-state index in [4.69, 9.17) is 0 Å². The summed E-state index contributed by atoms with van der Waals surface area (Å²) in [6, 6.07) is 7.15. The fourth-order valence-corrected chi connectivity index (χ4v) is 2.20. The Hall–Kier alpha value is -0.590. The predicted molar refractivity (Wildman–Crippen MR) is 71.9 cm³/mol. The van der Waals surface area contributed by atoms with Crippen molar-refractivity contribution in [3.63, 3.8) is 0 Å². The maximum atomic E-state index is 12.3. The summed E-state index contributed by atoms with van der Waals surface area (Å²) in [5, 5.41) is 9.96. The molecule has 1 aromatic carbocycles. The van der Waals surface area contributed by atoms with Gasteiger partial charge in [-0.3, -0.25) is 4.90 Å². The largest absolute Gasteiger partial charge is 0.401 e. The molecule has 0 heterocycles. The second-order valence-corrected chi connectivity index (χ2v) is 5.26. The van der Waals surface area contributed by atoms with Gasteiger partial charge in [0.05, 0.1) is 12.6 Å². The van der Waals surface area contributed by atoms with Gasteiger partial charge in [-0.25, -0.2) is 0 Å². The highest BCUT2D eigenvalue weighted by Crippen LogP contribution is 2.22. The summed E-state index contributed by atoms with van der Waals surface area (Å²) in [5.41, 5.74) is 0.706. The SMILES string of the molecule is CCN(CCC(O)c1cccc(Br)c1)CC(F)(F)F. The van der Waals surface area contributed by atoms with Crippen LogP contribution in [0.4, 0.5) is 13.2 Å². The van der Waals surface area contributed by atoms with Crippen LogP contribution in [-0.4, -0.2) is 35.8 Å². The molecular weight excluding hydrogens is 323 g/mol. The smallest absolute Gasteiger partial charge is 0.388 e. The molecule has 0 aromatic heterocycles. The molecule has 108 valence electrons. The minimum absolute atomic E-state index is 0.212. The molecule has 2 nitrogen and oxygen atoms in total. The first-order valence-electron chi connectivity index (χ1n) is 6.04. The normalized spacial score (nSPS) is 13.8. The molecule has 0 radical (unpaired) electrons. The number of hydrogen-bond donors (Lipinski definition) is 1. The minimum atomic E-state index is -4.20. The highest BCUT2D eigenvalue weighted by molar-refractivity contribution is 9.10. The van der Waals surface area contributed by atoms with Crippen molar-refractivity contribution < 1.29 is 18.3 Å². The summed E-state index contributed by atoms with van der Waals surface area (Å²) >= 11 is 3.29. The van der Waals surface area contributed by atoms with E-state index in [1.54, 1.807) is 25.1 Å². The maximum absolute atomic E-state index is 12.3. The average Bonchev–Trinajstić information content (AvgIpc) is 2.32. The number of alkyl halides is 3. The summed E-state index contributed by atoms with van der Waals surface area (Å²) in [6.45, 7) is 1.26. The van der Waals surface area contributed by atoms with Gasteiger partial charge in [0.1, 0.15) is 0 Å². The van der Waals surface area contributed by atoms with E-state index < -0.39 is 18.8 Å². The molecule has 6 heteroatoms. The van der Waals surface area contributed by atoms with Crippen LogP contribution in [0.2, 0.25) is 0 Å². The molecule has 0 aliphatic rings. The topological polar surface area (TPSA) is 23.5 Å². The van der Waals surface area contributed by atoms with Gasteiger partial charge in [0.25, 0.3) is 0 Å². The minimum Gasteiger partial charge on any atom is -0.388 e. The molecule has 0 spiro atoms. The van der Waals surface area contributed by atoms with Gasteiger partial charge in [0.15, 0.2) is 0 Å². The maximum Gasteiger partial charge on any atom is 0.401 e. The molecule has 0 fully saturated rings. The summed E-state index contributed by atoms with van der Waals surface area (Å²) in [6.07, 6.45) is -4.67. The quantitative estimate of drug-likeness (QED) is 0.853. The third kappa shape index (κ3) is 6.40. The first-order chi connectivity index (χ1) is 8.81. The molecule has 0 bridgehead atoms. The zero-order valence-corrected chi connectivity index (χ0v) is 12.2. The molecule has 1 atom stereocenters. The van der Waals surface area contributed by atoms with Gasteiger partial charge in [0, 0.05) is 11.0 Å². The Morgan fingerprint density at radius 3 is 2.58 bits per heavy atom. The lowest BCUT2D eigenvalue weighted by molar-refractivity contribution is -0.146. The molecule has 1 unspecified atom stereocenters. The van der Waals surface area contributed by atoms with Gasteiger partial charge in [-0.05, 0) is 30.7 Å². The Labute approximate surface area is 119 Å². The van der Waals surface area contributed by atoms with E-state index in [1.807, 2.05) is 6.07 Å². The van der Waals surface area contributed by atoms with Crippen molar-refractivity contribution in [2.24, 2.45) is 0 Å². The molecule has 1 N–H and O–H groups in total. The lowest BCUT2D eigenvalue weighted by atomic mass is 10.1. The Bertz CT molecular complexity index is 398. The lowest BCUT2D eigenvalue weighted by Gasteiger charge is -2.23. The van der Waals surface area contributed by atoms with Gasteiger partial charge in [-0.2, -0.15) is 13.2 Å². The molecule has 19 heavy (non-hydrogen) atoms. The van der Waals surface area contributed by atoms with Crippen LogP contribution < -0.4 is 0 Å². The van der Waals surface area contributed by atoms with E-state index in [-0.39, 0.29) is 13.0 Å². The van der Waals surface area contributed by atoms with Crippen LogP contribution in [0.5, 0.6) is 0 Å². The number of hydrogen-bond acceptors (Lipinski definition) is 2. The Balaban J connectivity index is 2.50. The van der Waals surface area contributed by atoms with Crippen LogP contribution in [0.25, 0.3) is 0 Å². The third-order valence-corrected chi connectivity index (χ3v) is 3.30. The fourth-order valence-electron chi connectivity index (χ4n) is 1.79. The van der Waals surface area contributed by atoms with Crippen LogP contribution in [-0.2, 0) is 0 Å². The average molecular weight is 340 g/mol. The Morgan fingerprint density at radius 1 is 1.37 bits per heavy atom. The van der Waals surface area contributed by atoms with Crippen LogP contribution in [0.15, 0.2) is 28.7 Å². The van der Waals surface area contributed by atoms with Gasteiger partial charge >= 0.3 is 6.18 Å². The second kappa shape index (κ2) is 7.26. The van der Waals surface area contributed by atoms with Crippen LogP contribution in [0.1, 0.15) is 25.0 Å². The first kappa shape index (κ1) is 16.5. The van der Waals surface area contributed by atoms with Crippen molar-refractivity contribution in [2.45, 2.75) is 25.6 Å². The number of halogens is 4. The van der Waals surface area contributed by atoms with Gasteiger partial charge in [-0.1, -0.05) is 35.0 Å². The first-order valence-corrected chi connectivity index (χ1v) is 6.83. The zero-order chi connectivity index (χ0) is 14.5. The Morgan fingerprint density at radius 2 is 2.05 bits per heavy atom. The molecule has 0 aliphatic heterocycles. The highest BCUT2D eigenvalue weighted by atomic mass is 79.9. The molecule has 0 aliphatic carbocycles. The molecule has 1 aromatic rings. The van der Waals surface area contributed by atoms with Crippen LogP contribution >= 0.6 is 15.9 Å². The summed E-state index contributed by atoms with van der Waals surface area (Å²) in [4.78, 5) is 1.28. The van der Waals surface area contributed by atoms with Crippen LogP contribution in [0.3, 0.4) is 0 Å². The summed E-state index contributed by atoms with van der Waals surface area (Å²) in [5.74, 6) is 0. The molecular formula is C13H17BrF3NO. The van der Waals surface area contributed by atoms with E-state index in [2.05, 4.69) is 15.9 Å².